The Bertz CT molecular complexity index is 326. The second kappa shape index (κ2) is 8.11. The maximum absolute atomic E-state index is 12.5. The lowest BCUT2D eigenvalue weighted by molar-refractivity contribution is -0.156. The van der Waals surface area contributed by atoms with E-state index in [1.54, 1.807) is 0 Å². The predicted octanol–water partition coefficient (Wildman–Crippen LogP) is 1.75. The van der Waals surface area contributed by atoms with Crippen LogP contribution in [0, 0.1) is 11.8 Å². The van der Waals surface area contributed by atoms with E-state index in [1.807, 2.05) is 6.92 Å². The molecule has 1 heterocycles. The van der Waals surface area contributed by atoms with Gasteiger partial charge < -0.3 is 14.2 Å². The molecular weight excluding hydrogens is 270 g/mol. The fourth-order valence-electron chi connectivity index (χ4n) is 2.90. The van der Waals surface area contributed by atoms with Crippen molar-refractivity contribution in [2.45, 2.75) is 45.1 Å². The van der Waals surface area contributed by atoms with Crippen molar-refractivity contribution >= 4 is 5.97 Å². The molecule has 5 nitrogen and oxygen atoms in total. The van der Waals surface area contributed by atoms with E-state index in [-0.39, 0.29) is 5.97 Å². The Balaban J connectivity index is 1.93. The van der Waals surface area contributed by atoms with Crippen LogP contribution in [-0.2, 0) is 19.0 Å². The second-order valence-electron chi connectivity index (χ2n) is 6.14. The van der Waals surface area contributed by atoms with Gasteiger partial charge in [-0.25, -0.2) is 4.79 Å². The van der Waals surface area contributed by atoms with Crippen LogP contribution < -0.4 is 5.32 Å². The summed E-state index contributed by atoms with van der Waals surface area (Å²) in [5.41, 5.74) is -0.647. The number of hydrogen-bond donors (Lipinski definition) is 1. The Hall–Kier alpha value is -0.650. The molecule has 0 aromatic rings. The standard InChI is InChI=1S/C16H29NO4/c1-3-8-17-16(14-5-6-14,15(18)21-4-2)12-20-11-13-7-9-19-10-13/h13-14,17H,3-12H2,1-2H3. The molecule has 0 spiro atoms. The molecule has 0 aromatic heterocycles. The van der Waals surface area contributed by atoms with Gasteiger partial charge in [-0.05, 0) is 45.1 Å². The van der Waals surface area contributed by atoms with Gasteiger partial charge in [0.15, 0.2) is 0 Å². The molecule has 0 amide bonds. The zero-order valence-electron chi connectivity index (χ0n) is 13.4. The van der Waals surface area contributed by atoms with Gasteiger partial charge in [0, 0.05) is 12.5 Å². The maximum Gasteiger partial charge on any atom is 0.329 e. The third-order valence-corrected chi connectivity index (χ3v) is 4.31. The first-order valence-electron chi connectivity index (χ1n) is 8.30. The van der Waals surface area contributed by atoms with Crippen LogP contribution in [0.5, 0.6) is 0 Å². The van der Waals surface area contributed by atoms with Crippen molar-refractivity contribution in [2.75, 3.05) is 39.6 Å². The Labute approximate surface area is 127 Å². The van der Waals surface area contributed by atoms with Crippen molar-refractivity contribution in [1.82, 2.24) is 5.32 Å². The molecule has 2 fully saturated rings. The van der Waals surface area contributed by atoms with Crippen LogP contribution in [0.4, 0.5) is 0 Å². The summed E-state index contributed by atoms with van der Waals surface area (Å²) in [5.74, 6) is 0.668. The molecule has 1 N–H and O–H groups in total. The van der Waals surface area contributed by atoms with Gasteiger partial charge in [0.05, 0.1) is 26.4 Å². The number of ether oxygens (including phenoxy) is 3. The van der Waals surface area contributed by atoms with Crippen molar-refractivity contribution in [2.24, 2.45) is 11.8 Å². The minimum atomic E-state index is -0.647. The van der Waals surface area contributed by atoms with Crippen LogP contribution in [0.2, 0.25) is 0 Å². The van der Waals surface area contributed by atoms with Gasteiger partial charge in [-0.3, -0.25) is 5.32 Å². The molecular formula is C16H29NO4. The monoisotopic (exact) mass is 299 g/mol. The highest BCUT2D eigenvalue weighted by atomic mass is 16.5. The summed E-state index contributed by atoms with van der Waals surface area (Å²) in [6.45, 7) is 7.86. The summed E-state index contributed by atoms with van der Waals surface area (Å²) in [6, 6.07) is 0. The first-order chi connectivity index (χ1) is 10.2. The lowest BCUT2D eigenvalue weighted by Crippen LogP contribution is -2.58. The van der Waals surface area contributed by atoms with E-state index < -0.39 is 5.54 Å². The normalized spacial score (nSPS) is 24.8. The number of carbonyl (C=O) groups excluding carboxylic acids is 1. The van der Waals surface area contributed by atoms with Gasteiger partial charge in [-0.2, -0.15) is 0 Å². The summed E-state index contributed by atoms with van der Waals surface area (Å²) in [6.07, 6.45) is 4.19. The fraction of sp³-hybridized carbons (Fsp3) is 0.938. The molecule has 5 heteroatoms. The number of esters is 1. The molecule has 2 unspecified atom stereocenters. The average Bonchev–Trinajstić information content (AvgIpc) is 3.21. The third kappa shape index (κ3) is 4.41. The van der Waals surface area contributed by atoms with Crippen LogP contribution in [-0.4, -0.2) is 51.1 Å². The number of rotatable bonds is 10. The van der Waals surface area contributed by atoms with Crippen molar-refractivity contribution in [3.63, 3.8) is 0 Å². The smallest absolute Gasteiger partial charge is 0.329 e. The molecule has 1 aliphatic heterocycles. The third-order valence-electron chi connectivity index (χ3n) is 4.31. The molecule has 1 saturated carbocycles. The summed E-state index contributed by atoms with van der Waals surface area (Å²) in [5, 5.41) is 3.42. The number of hydrogen-bond acceptors (Lipinski definition) is 5. The Morgan fingerprint density at radius 3 is 2.71 bits per heavy atom. The van der Waals surface area contributed by atoms with Crippen LogP contribution in [0.25, 0.3) is 0 Å². The molecule has 0 aromatic carbocycles. The summed E-state index contributed by atoms with van der Waals surface area (Å²) in [7, 11) is 0. The SMILES string of the molecule is CCCNC(COCC1CCOC1)(C(=O)OCC)C1CC1. The Morgan fingerprint density at radius 1 is 1.33 bits per heavy atom. The predicted molar refractivity (Wildman–Crippen MR) is 80.1 cm³/mol. The maximum atomic E-state index is 12.5. The van der Waals surface area contributed by atoms with E-state index in [1.165, 1.54) is 0 Å². The number of nitrogens with one attached hydrogen (secondary N) is 1. The molecule has 21 heavy (non-hydrogen) atoms. The lowest BCUT2D eigenvalue weighted by atomic mass is 9.93. The van der Waals surface area contributed by atoms with Gasteiger partial charge in [-0.1, -0.05) is 6.92 Å². The Morgan fingerprint density at radius 2 is 2.14 bits per heavy atom. The van der Waals surface area contributed by atoms with E-state index in [4.69, 9.17) is 14.2 Å². The zero-order valence-corrected chi connectivity index (χ0v) is 13.4. The molecule has 1 aliphatic carbocycles. The van der Waals surface area contributed by atoms with Crippen molar-refractivity contribution in [3.8, 4) is 0 Å². The quantitative estimate of drug-likeness (QED) is 0.623. The summed E-state index contributed by atoms with van der Waals surface area (Å²) < 4.78 is 16.6. The highest BCUT2D eigenvalue weighted by molar-refractivity contribution is 5.82. The number of carbonyl (C=O) groups is 1. The minimum absolute atomic E-state index is 0.149. The van der Waals surface area contributed by atoms with Crippen LogP contribution in [0.3, 0.4) is 0 Å². The van der Waals surface area contributed by atoms with E-state index in [0.717, 1.165) is 45.4 Å². The van der Waals surface area contributed by atoms with Crippen molar-refractivity contribution in [1.29, 1.82) is 0 Å². The zero-order chi connectivity index (χ0) is 15.1. The summed E-state index contributed by atoms with van der Waals surface area (Å²) in [4.78, 5) is 12.5. The van der Waals surface area contributed by atoms with E-state index in [2.05, 4.69) is 12.2 Å². The minimum Gasteiger partial charge on any atom is -0.465 e. The van der Waals surface area contributed by atoms with Gasteiger partial charge in [-0.15, -0.1) is 0 Å². The molecule has 2 aliphatic rings. The van der Waals surface area contributed by atoms with Crippen LogP contribution in [0.15, 0.2) is 0 Å². The topological polar surface area (TPSA) is 56.8 Å². The van der Waals surface area contributed by atoms with Gasteiger partial charge in [0.25, 0.3) is 0 Å². The molecule has 2 rings (SSSR count). The lowest BCUT2D eigenvalue weighted by Gasteiger charge is -2.33. The second-order valence-corrected chi connectivity index (χ2v) is 6.14. The fourth-order valence-corrected chi connectivity index (χ4v) is 2.90. The highest BCUT2D eigenvalue weighted by Crippen LogP contribution is 2.41. The van der Waals surface area contributed by atoms with Gasteiger partial charge in [0.2, 0.25) is 0 Å². The first-order valence-corrected chi connectivity index (χ1v) is 8.30. The summed E-state index contributed by atoms with van der Waals surface area (Å²) >= 11 is 0. The largest absolute Gasteiger partial charge is 0.465 e. The van der Waals surface area contributed by atoms with E-state index in [9.17, 15) is 4.79 Å². The van der Waals surface area contributed by atoms with Gasteiger partial charge in [0.1, 0.15) is 5.54 Å². The molecule has 1 saturated heterocycles. The van der Waals surface area contributed by atoms with Crippen molar-refractivity contribution < 1.29 is 19.0 Å². The first kappa shape index (κ1) is 16.7. The molecule has 2 atom stereocenters. The van der Waals surface area contributed by atoms with E-state index in [0.29, 0.717) is 31.7 Å². The van der Waals surface area contributed by atoms with Crippen molar-refractivity contribution in [3.05, 3.63) is 0 Å². The molecule has 0 radical (unpaired) electrons. The van der Waals surface area contributed by atoms with Gasteiger partial charge >= 0.3 is 5.97 Å². The average molecular weight is 299 g/mol. The molecule has 122 valence electrons. The van der Waals surface area contributed by atoms with E-state index >= 15 is 0 Å². The Kier molecular flexibility index (Phi) is 6.45. The van der Waals surface area contributed by atoms with Crippen LogP contribution in [0.1, 0.15) is 39.5 Å². The highest BCUT2D eigenvalue weighted by Gasteiger charge is 2.52. The molecule has 0 bridgehead atoms. The van der Waals surface area contributed by atoms with Crippen LogP contribution >= 0.6 is 0 Å².